The van der Waals surface area contributed by atoms with Crippen LogP contribution in [0.15, 0.2) is 16.6 Å². The number of fused-ring (bicyclic) bond motifs is 1. The van der Waals surface area contributed by atoms with Gasteiger partial charge in [0.2, 0.25) is 5.28 Å². The van der Waals surface area contributed by atoms with Crippen LogP contribution in [0.1, 0.15) is 12.0 Å². The SMILES string of the molecule is FC(F)c1c(Br)ccc2[nH]c(Cl)nc12. The number of benzene rings is 1. The average Bonchev–Trinajstić information content (AvgIpc) is 2.43. The zero-order valence-corrected chi connectivity index (χ0v) is 9.03. The molecular weight excluding hydrogens is 277 g/mol. The summed E-state index contributed by atoms with van der Waals surface area (Å²) in [5, 5.41) is 0.111. The summed E-state index contributed by atoms with van der Waals surface area (Å²) in [6.45, 7) is 0. The van der Waals surface area contributed by atoms with Crippen molar-refractivity contribution in [3.05, 3.63) is 27.5 Å². The van der Waals surface area contributed by atoms with E-state index in [0.717, 1.165) is 0 Å². The van der Waals surface area contributed by atoms with Gasteiger partial charge < -0.3 is 4.98 Å². The van der Waals surface area contributed by atoms with E-state index in [4.69, 9.17) is 11.6 Å². The Labute approximate surface area is 91.4 Å². The molecule has 0 aliphatic heterocycles. The lowest BCUT2D eigenvalue weighted by Crippen LogP contribution is -1.88. The van der Waals surface area contributed by atoms with Crippen LogP contribution in [0.3, 0.4) is 0 Å². The number of rotatable bonds is 1. The van der Waals surface area contributed by atoms with Gasteiger partial charge in [-0.25, -0.2) is 13.8 Å². The number of H-pyrrole nitrogens is 1. The summed E-state index contributed by atoms with van der Waals surface area (Å²) in [7, 11) is 0. The Morgan fingerprint density at radius 1 is 1.43 bits per heavy atom. The molecule has 2 nitrogen and oxygen atoms in total. The van der Waals surface area contributed by atoms with Crippen molar-refractivity contribution in [2.45, 2.75) is 6.43 Å². The predicted octanol–water partition coefficient (Wildman–Crippen LogP) is 3.92. The van der Waals surface area contributed by atoms with Crippen molar-refractivity contribution in [2.75, 3.05) is 0 Å². The third-order valence-corrected chi connectivity index (χ3v) is 2.70. The number of hydrogen-bond donors (Lipinski definition) is 1. The van der Waals surface area contributed by atoms with E-state index < -0.39 is 6.43 Å². The topological polar surface area (TPSA) is 28.7 Å². The third kappa shape index (κ3) is 1.50. The summed E-state index contributed by atoms with van der Waals surface area (Å²) in [5.41, 5.74) is 0.582. The molecule has 0 amide bonds. The zero-order valence-electron chi connectivity index (χ0n) is 6.69. The monoisotopic (exact) mass is 280 g/mol. The molecule has 0 radical (unpaired) electrons. The van der Waals surface area contributed by atoms with E-state index in [1.165, 1.54) is 0 Å². The molecule has 0 unspecified atom stereocenters. The Morgan fingerprint density at radius 3 is 2.79 bits per heavy atom. The molecule has 0 saturated heterocycles. The largest absolute Gasteiger partial charge is 0.329 e. The molecule has 0 aliphatic carbocycles. The second-order valence-electron chi connectivity index (χ2n) is 2.69. The van der Waals surface area contributed by atoms with Crippen molar-refractivity contribution >= 4 is 38.6 Å². The molecule has 0 bridgehead atoms. The first-order chi connectivity index (χ1) is 6.59. The number of alkyl halides is 2. The van der Waals surface area contributed by atoms with Crippen molar-refractivity contribution in [1.29, 1.82) is 0 Å². The predicted molar refractivity (Wildman–Crippen MR) is 53.8 cm³/mol. The summed E-state index contributed by atoms with van der Waals surface area (Å²) in [5.74, 6) is 0. The van der Waals surface area contributed by atoms with Crippen molar-refractivity contribution in [2.24, 2.45) is 0 Å². The van der Waals surface area contributed by atoms with Gasteiger partial charge in [-0.1, -0.05) is 15.9 Å². The van der Waals surface area contributed by atoms with E-state index in [1.54, 1.807) is 12.1 Å². The van der Waals surface area contributed by atoms with Crippen LogP contribution in [-0.4, -0.2) is 9.97 Å². The number of nitrogens with one attached hydrogen (secondary N) is 1. The molecule has 0 fully saturated rings. The van der Waals surface area contributed by atoms with E-state index in [1.807, 2.05) is 0 Å². The van der Waals surface area contributed by atoms with E-state index in [-0.39, 0.29) is 16.4 Å². The highest BCUT2D eigenvalue weighted by molar-refractivity contribution is 9.10. The summed E-state index contributed by atoms with van der Waals surface area (Å²) in [6.07, 6.45) is -2.58. The van der Waals surface area contributed by atoms with Gasteiger partial charge in [0.1, 0.15) is 0 Å². The fourth-order valence-electron chi connectivity index (χ4n) is 1.25. The fraction of sp³-hybridized carbons (Fsp3) is 0.125. The normalized spacial score (nSPS) is 11.5. The molecule has 14 heavy (non-hydrogen) atoms. The molecule has 0 aliphatic rings. The van der Waals surface area contributed by atoms with E-state index in [2.05, 4.69) is 25.9 Å². The first kappa shape index (κ1) is 9.86. The first-order valence-electron chi connectivity index (χ1n) is 3.71. The lowest BCUT2D eigenvalue weighted by Gasteiger charge is -2.02. The van der Waals surface area contributed by atoms with Gasteiger partial charge in [0, 0.05) is 4.47 Å². The Balaban J connectivity index is 2.82. The summed E-state index contributed by atoms with van der Waals surface area (Å²) < 4.78 is 25.6. The highest BCUT2D eigenvalue weighted by Gasteiger charge is 2.18. The van der Waals surface area contributed by atoms with Gasteiger partial charge in [0.15, 0.2) is 0 Å². The van der Waals surface area contributed by atoms with Crippen LogP contribution >= 0.6 is 27.5 Å². The van der Waals surface area contributed by atoms with Gasteiger partial charge in [-0.3, -0.25) is 0 Å². The molecule has 0 spiro atoms. The Hall–Kier alpha value is -0.680. The molecule has 1 heterocycles. The van der Waals surface area contributed by atoms with Crippen molar-refractivity contribution < 1.29 is 8.78 Å². The van der Waals surface area contributed by atoms with Crippen LogP contribution < -0.4 is 0 Å². The van der Waals surface area contributed by atoms with Crippen LogP contribution in [0.5, 0.6) is 0 Å². The molecule has 1 N–H and O–H groups in total. The first-order valence-corrected chi connectivity index (χ1v) is 4.88. The Kier molecular flexibility index (Phi) is 2.45. The molecular formula is C8H4BrClF2N2. The van der Waals surface area contributed by atoms with Crippen LogP contribution in [0.4, 0.5) is 8.78 Å². The third-order valence-electron chi connectivity index (χ3n) is 1.83. The lowest BCUT2D eigenvalue weighted by molar-refractivity contribution is 0.152. The van der Waals surface area contributed by atoms with Gasteiger partial charge in [-0.2, -0.15) is 0 Å². The fourth-order valence-corrected chi connectivity index (χ4v) is 1.93. The maximum Gasteiger partial charge on any atom is 0.267 e. The minimum Gasteiger partial charge on any atom is -0.329 e. The van der Waals surface area contributed by atoms with E-state index in [9.17, 15) is 8.78 Å². The van der Waals surface area contributed by atoms with Gasteiger partial charge in [0.25, 0.3) is 6.43 Å². The molecule has 2 aromatic rings. The molecule has 1 aromatic carbocycles. The van der Waals surface area contributed by atoms with Crippen molar-refractivity contribution in [3.63, 3.8) is 0 Å². The number of aromatic nitrogens is 2. The minimum absolute atomic E-state index is 0.111. The highest BCUT2D eigenvalue weighted by atomic mass is 79.9. The van der Waals surface area contributed by atoms with E-state index in [0.29, 0.717) is 9.99 Å². The summed E-state index contributed by atoms with van der Waals surface area (Å²) >= 11 is 8.64. The summed E-state index contributed by atoms with van der Waals surface area (Å²) in [6, 6.07) is 3.18. The van der Waals surface area contributed by atoms with Crippen LogP contribution in [0, 0.1) is 0 Å². The number of halogens is 4. The number of hydrogen-bond acceptors (Lipinski definition) is 1. The molecule has 6 heteroatoms. The van der Waals surface area contributed by atoms with Gasteiger partial charge in [-0.05, 0) is 23.7 Å². The quantitative estimate of drug-likeness (QED) is 0.843. The number of imidazole rings is 1. The Morgan fingerprint density at radius 2 is 2.14 bits per heavy atom. The molecule has 2 rings (SSSR count). The van der Waals surface area contributed by atoms with Gasteiger partial charge in [-0.15, -0.1) is 0 Å². The van der Waals surface area contributed by atoms with Crippen molar-refractivity contribution in [1.82, 2.24) is 9.97 Å². The van der Waals surface area contributed by atoms with E-state index >= 15 is 0 Å². The molecule has 1 aromatic heterocycles. The van der Waals surface area contributed by atoms with Crippen molar-refractivity contribution in [3.8, 4) is 0 Å². The second-order valence-corrected chi connectivity index (χ2v) is 3.90. The maximum absolute atomic E-state index is 12.6. The highest BCUT2D eigenvalue weighted by Crippen LogP contribution is 2.33. The van der Waals surface area contributed by atoms with Crippen LogP contribution in [0.2, 0.25) is 5.28 Å². The molecule has 0 saturated carbocycles. The Bertz CT molecular complexity index is 483. The minimum atomic E-state index is -2.58. The molecule has 74 valence electrons. The lowest BCUT2D eigenvalue weighted by atomic mass is 10.2. The number of nitrogens with zero attached hydrogens (tertiary/aromatic N) is 1. The average molecular weight is 281 g/mol. The van der Waals surface area contributed by atoms with Gasteiger partial charge in [0.05, 0.1) is 16.6 Å². The molecule has 0 atom stereocenters. The smallest absolute Gasteiger partial charge is 0.267 e. The zero-order chi connectivity index (χ0) is 10.3. The summed E-state index contributed by atoms with van der Waals surface area (Å²) in [4.78, 5) is 6.48. The number of aromatic amines is 1. The standard InChI is InChI=1S/C8H4BrClF2N2/c9-3-1-2-4-6(5(3)7(11)12)14-8(10)13-4/h1-2,7H,(H,13,14). The van der Waals surface area contributed by atoms with Gasteiger partial charge >= 0.3 is 0 Å². The second kappa shape index (κ2) is 3.47. The van der Waals surface area contributed by atoms with Crippen LogP contribution in [-0.2, 0) is 0 Å². The van der Waals surface area contributed by atoms with Crippen LogP contribution in [0.25, 0.3) is 11.0 Å². The maximum atomic E-state index is 12.6.